The molecule has 1 fully saturated rings. The standard InChI is InChI=1S/C16H20BrN3O3/c17-11-4-5-13-14(6-11)23-9-16(22)20(13)8-15(21)19-12-3-1-2-10(12)7-18/h4-6,10,12H,1-3,7-9,18H2,(H,19,21). The van der Waals surface area contributed by atoms with Crippen LogP contribution < -0.4 is 20.7 Å². The maximum Gasteiger partial charge on any atom is 0.265 e. The van der Waals surface area contributed by atoms with E-state index in [1.54, 1.807) is 12.1 Å². The molecule has 124 valence electrons. The number of carbonyl (C=O) groups excluding carboxylic acids is 2. The fourth-order valence-electron chi connectivity index (χ4n) is 3.26. The molecule has 6 nitrogen and oxygen atoms in total. The highest BCUT2D eigenvalue weighted by molar-refractivity contribution is 9.10. The van der Waals surface area contributed by atoms with Crippen LogP contribution in [0.2, 0.25) is 0 Å². The molecule has 0 radical (unpaired) electrons. The molecule has 0 aromatic heterocycles. The molecule has 2 amide bonds. The van der Waals surface area contributed by atoms with Gasteiger partial charge in [0.05, 0.1) is 5.69 Å². The van der Waals surface area contributed by atoms with Gasteiger partial charge in [-0.1, -0.05) is 22.4 Å². The minimum atomic E-state index is -0.211. The van der Waals surface area contributed by atoms with Crippen molar-refractivity contribution >= 4 is 33.4 Å². The van der Waals surface area contributed by atoms with Gasteiger partial charge in [0.25, 0.3) is 5.91 Å². The van der Waals surface area contributed by atoms with E-state index in [0.29, 0.717) is 23.9 Å². The number of fused-ring (bicyclic) bond motifs is 1. The molecule has 2 aliphatic rings. The molecule has 7 heteroatoms. The van der Waals surface area contributed by atoms with E-state index in [1.807, 2.05) is 6.07 Å². The van der Waals surface area contributed by atoms with E-state index in [2.05, 4.69) is 21.2 Å². The van der Waals surface area contributed by atoms with Gasteiger partial charge in [-0.05, 0) is 43.5 Å². The lowest BCUT2D eigenvalue weighted by Crippen LogP contribution is -2.48. The van der Waals surface area contributed by atoms with Crippen LogP contribution in [0.1, 0.15) is 19.3 Å². The second-order valence-electron chi connectivity index (χ2n) is 5.98. The monoisotopic (exact) mass is 381 g/mol. The van der Waals surface area contributed by atoms with E-state index in [1.165, 1.54) is 4.90 Å². The third-order valence-corrected chi connectivity index (χ3v) is 4.97. The molecule has 0 saturated heterocycles. The third kappa shape index (κ3) is 3.50. The Morgan fingerprint density at radius 3 is 3.04 bits per heavy atom. The lowest BCUT2D eigenvalue weighted by atomic mass is 10.0. The van der Waals surface area contributed by atoms with Gasteiger partial charge in [-0.25, -0.2) is 0 Å². The molecular weight excluding hydrogens is 362 g/mol. The van der Waals surface area contributed by atoms with Gasteiger partial charge in [-0.3, -0.25) is 14.5 Å². The molecule has 1 aliphatic heterocycles. The number of hydrogen-bond donors (Lipinski definition) is 2. The summed E-state index contributed by atoms with van der Waals surface area (Å²) in [7, 11) is 0. The number of ether oxygens (including phenoxy) is 1. The van der Waals surface area contributed by atoms with Gasteiger partial charge in [-0.15, -0.1) is 0 Å². The minimum Gasteiger partial charge on any atom is -0.482 e. The summed E-state index contributed by atoms with van der Waals surface area (Å²) in [5.74, 6) is 0.575. The quantitative estimate of drug-likeness (QED) is 0.825. The van der Waals surface area contributed by atoms with E-state index in [-0.39, 0.29) is 31.0 Å². The average molecular weight is 382 g/mol. The Morgan fingerprint density at radius 2 is 2.26 bits per heavy atom. The number of nitrogens with zero attached hydrogens (tertiary/aromatic N) is 1. The number of benzene rings is 1. The Morgan fingerprint density at radius 1 is 1.43 bits per heavy atom. The summed E-state index contributed by atoms with van der Waals surface area (Å²) in [5, 5.41) is 3.03. The summed E-state index contributed by atoms with van der Waals surface area (Å²) >= 11 is 3.37. The Hall–Kier alpha value is -1.60. The molecular formula is C16H20BrN3O3. The fourth-order valence-corrected chi connectivity index (χ4v) is 3.60. The maximum atomic E-state index is 12.4. The van der Waals surface area contributed by atoms with E-state index < -0.39 is 0 Å². The summed E-state index contributed by atoms with van der Waals surface area (Å²) in [6.07, 6.45) is 3.09. The van der Waals surface area contributed by atoms with Crippen molar-refractivity contribution in [3.05, 3.63) is 22.7 Å². The van der Waals surface area contributed by atoms with Crippen molar-refractivity contribution in [2.45, 2.75) is 25.3 Å². The van der Waals surface area contributed by atoms with Crippen LogP contribution in [0, 0.1) is 5.92 Å². The minimum absolute atomic E-state index is 0.00458. The van der Waals surface area contributed by atoms with E-state index in [9.17, 15) is 9.59 Å². The molecule has 3 rings (SSSR count). The number of nitrogens with two attached hydrogens (primary N) is 1. The molecule has 2 unspecified atom stereocenters. The Kier molecular flexibility index (Phi) is 4.87. The highest BCUT2D eigenvalue weighted by Gasteiger charge is 2.31. The van der Waals surface area contributed by atoms with Gasteiger partial charge in [0.2, 0.25) is 5.91 Å². The molecule has 23 heavy (non-hydrogen) atoms. The average Bonchev–Trinajstić information content (AvgIpc) is 2.97. The van der Waals surface area contributed by atoms with Crippen molar-refractivity contribution in [3.8, 4) is 5.75 Å². The van der Waals surface area contributed by atoms with Crippen LogP contribution in [0.5, 0.6) is 5.75 Å². The zero-order valence-electron chi connectivity index (χ0n) is 12.8. The lowest BCUT2D eigenvalue weighted by molar-refractivity contribution is -0.125. The van der Waals surface area contributed by atoms with Crippen molar-refractivity contribution in [1.82, 2.24) is 5.32 Å². The number of amides is 2. The first-order valence-electron chi connectivity index (χ1n) is 7.80. The predicted molar refractivity (Wildman–Crippen MR) is 90.3 cm³/mol. The zero-order chi connectivity index (χ0) is 16.4. The van der Waals surface area contributed by atoms with Crippen LogP contribution in [-0.2, 0) is 9.59 Å². The topological polar surface area (TPSA) is 84.7 Å². The number of hydrogen-bond acceptors (Lipinski definition) is 4. The first-order chi connectivity index (χ1) is 11.1. The van der Waals surface area contributed by atoms with Gasteiger partial charge >= 0.3 is 0 Å². The summed E-state index contributed by atoms with van der Waals surface area (Å²) in [6, 6.07) is 5.52. The highest BCUT2D eigenvalue weighted by Crippen LogP contribution is 2.34. The van der Waals surface area contributed by atoms with Gasteiger partial charge in [-0.2, -0.15) is 0 Å². The van der Waals surface area contributed by atoms with Crippen molar-refractivity contribution in [2.24, 2.45) is 11.7 Å². The summed E-state index contributed by atoms with van der Waals surface area (Å²) in [5.41, 5.74) is 6.37. The summed E-state index contributed by atoms with van der Waals surface area (Å²) < 4.78 is 6.29. The number of nitrogens with one attached hydrogen (secondary N) is 1. The molecule has 1 saturated carbocycles. The first kappa shape index (κ1) is 16.3. The molecule has 0 spiro atoms. The van der Waals surface area contributed by atoms with Crippen LogP contribution in [0.15, 0.2) is 22.7 Å². The first-order valence-corrected chi connectivity index (χ1v) is 8.60. The smallest absolute Gasteiger partial charge is 0.265 e. The molecule has 1 aliphatic carbocycles. The molecule has 1 aromatic rings. The largest absolute Gasteiger partial charge is 0.482 e. The second kappa shape index (κ2) is 6.88. The van der Waals surface area contributed by atoms with Crippen LogP contribution in [0.3, 0.4) is 0 Å². The predicted octanol–water partition coefficient (Wildman–Crippen LogP) is 1.42. The Labute approximate surface area is 143 Å². The van der Waals surface area contributed by atoms with Gasteiger partial charge in [0.1, 0.15) is 12.3 Å². The van der Waals surface area contributed by atoms with Crippen LogP contribution in [0.4, 0.5) is 5.69 Å². The van der Waals surface area contributed by atoms with Gasteiger partial charge in [0, 0.05) is 10.5 Å². The number of anilines is 1. The summed E-state index contributed by atoms with van der Waals surface area (Å²) in [4.78, 5) is 26.0. The molecule has 2 atom stereocenters. The maximum absolute atomic E-state index is 12.4. The van der Waals surface area contributed by atoms with Crippen LogP contribution in [0.25, 0.3) is 0 Å². The van der Waals surface area contributed by atoms with E-state index in [0.717, 1.165) is 23.7 Å². The third-order valence-electron chi connectivity index (χ3n) is 4.47. The fraction of sp³-hybridized carbons (Fsp3) is 0.500. The molecule has 1 heterocycles. The lowest BCUT2D eigenvalue weighted by Gasteiger charge is -2.29. The SMILES string of the molecule is NCC1CCCC1NC(=O)CN1C(=O)COc2cc(Br)ccc21. The summed E-state index contributed by atoms with van der Waals surface area (Å²) in [6.45, 7) is 0.536. The number of carbonyl (C=O) groups is 2. The normalized spacial score (nSPS) is 23.4. The van der Waals surface area contributed by atoms with Gasteiger partial charge < -0.3 is 15.8 Å². The van der Waals surface area contributed by atoms with Crippen molar-refractivity contribution in [3.63, 3.8) is 0 Å². The van der Waals surface area contributed by atoms with E-state index >= 15 is 0 Å². The number of halogens is 1. The molecule has 3 N–H and O–H groups in total. The van der Waals surface area contributed by atoms with Crippen molar-refractivity contribution in [1.29, 1.82) is 0 Å². The van der Waals surface area contributed by atoms with Crippen LogP contribution in [-0.4, -0.2) is 37.6 Å². The van der Waals surface area contributed by atoms with Crippen molar-refractivity contribution < 1.29 is 14.3 Å². The highest BCUT2D eigenvalue weighted by atomic mass is 79.9. The molecule has 0 bridgehead atoms. The van der Waals surface area contributed by atoms with E-state index in [4.69, 9.17) is 10.5 Å². The van der Waals surface area contributed by atoms with Crippen molar-refractivity contribution in [2.75, 3.05) is 24.6 Å². The van der Waals surface area contributed by atoms with Crippen LogP contribution >= 0.6 is 15.9 Å². The number of rotatable bonds is 4. The Bertz CT molecular complexity index is 623. The zero-order valence-corrected chi connectivity index (χ0v) is 14.3. The van der Waals surface area contributed by atoms with Gasteiger partial charge in [0.15, 0.2) is 6.61 Å². The molecule has 1 aromatic carbocycles. The Balaban J connectivity index is 1.70. The second-order valence-corrected chi connectivity index (χ2v) is 6.90.